The summed E-state index contributed by atoms with van der Waals surface area (Å²) in [6.45, 7) is 1.22. The molecular weight excluding hydrogens is 578 g/mol. The van der Waals surface area contributed by atoms with E-state index in [1.807, 2.05) is 6.07 Å². The van der Waals surface area contributed by atoms with Crippen molar-refractivity contribution in [3.63, 3.8) is 0 Å². The van der Waals surface area contributed by atoms with E-state index >= 15 is 0 Å². The van der Waals surface area contributed by atoms with Gasteiger partial charge in [-0.1, -0.05) is 30.3 Å². The maximum atomic E-state index is 12.0. The molecule has 3 saturated heterocycles. The van der Waals surface area contributed by atoms with Crippen molar-refractivity contribution in [2.24, 2.45) is 0 Å². The molecule has 3 aliphatic rings. The molecule has 3 fully saturated rings. The molecule has 0 saturated carbocycles. The van der Waals surface area contributed by atoms with Crippen LogP contribution in [-0.4, -0.2) is 152 Å². The minimum absolute atomic E-state index is 0.0462. The van der Waals surface area contributed by atoms with Gasteiger partial charge in [-0.2, -0.15) is 0 Å². The van der Waals surface area contributed by atoms with Gasteiger partial charge in [-0.15, -0.1) is 0 Å². The van der Waals surface area contributed by atoms with Crippen LogP contribution in [0.1, 0.15) is 19.4 Å². The Hall–Kier alpha value is -1.87. The predicted octanol–water partition coefficient (Wildman–Crippen LogP) is -4.18. The van der Waals surface area contributed by atoms with Gasteiger partial charge in [-0.3, -0.25) is 4.79 Å². The summed E-state index contributed by atoms with van der Waals surface area (Å²) in [5.74, 6) is -0.533. The van der Waals surface area contributed by atoms with E-state index in [4.69, 9.17) is 28.4 Å². The van der Waals surface area contributed by atoms with Crippen molar-refractivity contribution >= 4 is 5.91 Å². The zero-order valence-corrected chi connectivity index (χ0v) is 23.6. The molecule has 1 amide bonds. The third-order valence-electron chi connectivity index (χ3n) is 7.70. The van der Waals surface area contributed by atoms with Crippen molar-refractivity contribution in [2.45, 2.75) is 113 Å². The highest BCUT2D eigenvalue weighted by atomic mass is 16.8. The van der Waals surface area contributed by atoms with Crippen LogP contribution in [0.2, 0.25) is 0 Å². The average molecular weight is 620 g/mol. The maximum absolute atomic E-state index is 12.0. The summed E-state index contributed by atoms with van der Waals surface area (Å²) in [6, 6.07) is 7.82. The van der Waals surface area contributed by atoms with Crippen molar-refractivity contribution in [1.82, 2.24) is 5.32 Å². The number of aliphatic hydroxyl groups excluding tert-OH is 8. The predicted molar refractivity (Wildman–Crippen MR) is 140 cm³/mol. The largest absolute Gasteiger partial charge is 0.394 e. The zero-order valence-electron chi connectivity index (χ0n) is 23.6. The molecule has 0 spiro atoms. The van der Waals surface area contributed by atoms with Gasteiger partial charge < -0.3 is 74.6 Å². The highest BCUT2D eigenvalue weighted by molar-refractivity contribution is 5.73. The molecule has 3 heterocycles. The van der Waals surface area contributed by atoms with E-state index in [1.54, 1.807) is 24.3 Å². The number of carbonyl (C=O) groups is 1. The van der Waals surface area contributed by atoms with Crippen LogP contribution in [0.4, 0.5) is 0 Å². The fourth-order valence-corrected chi connectivity index (χ4v) is 5.26. The third-order valence-corrected chi connectivity index (χ3v) is 7.70. The van der Waals surface area contributed by atoms with E-state index < -0.39 is 111 Å². The Bertz CT molecular complexity index is 1020. The monoisotopic (exact) mass is 619 g/mol. The number of amides is 1. The van der Waals surface area contributed by atoms with Crippen LogP contribution in [0.25, 0.3) is 0 Å². The molecule has 9 N–H and O–H groups in total. The molecule has 244 valence electrons. The molecule has 16 heteroatoms. The molecule has 0 bridgehead atoms. The van der Waals surface area contributed by atoms with Crippen molar-refractivity contribution in [3.8, 4) is 0 Å². The zero-order chi connectivity index (χ0) is 31.4. The Balaban J connectivity index is 1.56. The van der Waals surface area contributed by atoms with Gasteiger partial charge in [0, 0.05) is 6.92 Å². The van der Waals surface area contributed by atoms with Gasteiger partial charge in [0.15, 0.2) is 18.9 Å². The molecule has 15 unspecified atom stereocenters. The van der Waals surface area contributed by atoms with Gasteiger partial charge in [0.2, 0.25) is 5.91 Å². The summed E-state index contributed by atoms with van der Waals surface area (Å²) in [5.41, 5.74) is 0.776. The fourth-order valence-electron chi connectivity index (χ4n) is 5.26. The van der Waals surface area contributed by atoms with E-state index in [0.717, 1.165) is 5.56 Å². The molecular formula is C27H41NO15. The molecule has 0 aliphatic carbocycles. The van der Waals surface area contributed by atoms with E-state index in [1.165, 1.54) is 13.8 Å². The van der Waals surface area contributed by atoms with E-state index in [0.29, 0.717) is 0 Å². The van der Waals surface area contributed by atoms with Crippen LogP contribution in [-0.2, 0) is 39.8 Å². The number of hydrogen-bond acceptors (Lipinski definition) is 15. The molecule has 16 nitrogen and oxygen atoms in total. The van der Waals surface area contributed by atoms with E-state index in [9.17, 15) is 45.6 Å². The quantitative estimate of drug-likeness (QED) is 0.121. The lowest BCUT2D eigenvalue weighted by Gasteiger charge is -2.49. The number of nitrogens with one attached hydrogen (secondary N) is 1. The molecule has 4 rings (SSSR count). The first-order valence-corrected chi connectivity index (χ1v) is 14.0. The summed E-state index contributed by atoms with van der Waals surface area (Å²) in [5, 5.41) is 85.9. The average Bonchev–Trinajstić information content (AvgIpc) is 2.99. The SMILES string of the molecule is CC(=O)NC1C(OCc2ccccc2)OC(CO)C(OC2OC(CO)C(O)C(O)C2OC2OC(C)C(O)C(O)C2O)C1O. The van der Waals surface area contributed by atoms with Crippen LogP contribution < -0.4 is 5.32 Å². The topological polar surface area (TPSA) is 246 Å². The first-order chi connectivity index (χ1) is 20.5. The number of carbonyl (C=O) groups excluding carboxylic acids is 1. The van der Waals surface area contributed by atoms with Crippen LogP contribution in [0.15, 0.2) is 30.3 Å². The lowest BCUT2D eigenvalue weighted by atomic mass is 9.95. The lowest BCUT2D eigenvalue weighted by Crippen LogP contribution is -2.68. The Labute approximate surface area is 247 Å². The van der Waals surface area contributed by atoms with Crippen molar-refractivity contribution in [2.75, 3.05) is 13.2 Å². The van der Waals surface area contributed by atoms with Crippen LogP contribution in [0, 0.1) is 0 Å². The van der Waals surface area contributed by atoms with E-state index in [2.05, 4.69) is 5.32 Å². The Morgan fingerprint density at radius 3 is 2.00 bits per heavy atom. The lowest BCUT2D eigenvalue weighted by molar-refractivity contribution is -0.383. The maximum Gasteiger partial charge on any atom is 0.217 e. The van der Waals surface area contributed by atoms with Gasteiger partial charge in [0.1, 0.15) is 67.1 Å². The first-order valence-electron chi connectivity index (χ1n) is 14.0. The Kier molecular flexibility index (Phi) is 11.8. The van der Waals surface area contributed by atoms with Gasteiger partial charge in [-0.05, 0) is 12.5 Å². The Morgan fingerprint density at radius 1 is 0.744 bits per heavy atom. The normalized spacial score (nSPS) is 43.7. The van der Waals surface area contributed by atoms with Gasteiger partial charge in [0.25, 0.3) is 0 Å². The second-order valence-electron chi connectivity index (χ2n) is 10.8. The standard InChI is InChI=1S/C27H41NO15/c1-11-17(32)20(35)22(37)26(39-11)43-24-21(36)18(33)14(8-29)40-27(24)42-23-15(9-30)41-25(16(19(23)34)28-12(2)31)38-10-13-6-4-3-5-7-13/h3-7,11,14-27,29-30,32-37H,8-10H2,1-2H3,(H,28,31). The van der Waals surface area contributed by atoms with Crippen molar-refractivity contribution in [1.29, 1.82) is 0 Å². The molecule has 3 aliphatic heterocycles. The van der Waals surface area contributed by atoms with Gasteiger partial charge >= 0.3 is 0 Å². The molecule has 15 atom stereocenters. The number of aliphatic hydroxyl groups is 8. The van der Waals surface area contributed by atoms with Crippen molar-refractivity contribution < 1.29 is 74.1 Å². The molecule has 0 radical (unpaired) electrons. The highest BCUT2D eigenvalue weighted by Gasteiger charge is 2.54. The van der Waals surface area contributed by atoms with Gasteiger partial charge in [-0.25, -0.2) is 0 Å². The van der Waals surface area contributed by atoms with Crippen LogP contribution in [0.5, 0.6) is 0 Å². The third kappa shape index (κ3) is 7.69. The second kappa shape index (κ2) is 14.9. The number of hydrogen-bond donors (Lipinski definition) is 9. The molecule has 0 aromatic heterocycles. The van der Waals surface area contributed by atoms with Crippen LogP contribution >= 0.6 is 0 Å². The molecule has 43 heavy (non-hydrogen) atoms. The summed E-state index contributed by atoms with van der Waals surface area (Å²) in [4.78, 5) is 12.0. The second-order valence-corrected chi connectivity index (χ2v) is 10.8. The summed E-state index contributed by atoms with van der Waals surface area (Å²) in [7, 11) is 0. The van der Waals surface area contributed by atoms with Gasteiger partial charge in [0.05, 0.1) is 25.9 Å². The highest BCUT2D eigenvalue weighted by Crippen LogP contribution is 2.33. The summed E-state index contributed by atoms with van der Waals surface area (Å²) >= 11 is 0. The minimum atomic E-state index is -1.81. The van der Waals surface area contributed by atoms with Crippen LogP contribution in [0.3, 0.4) is 0 Å². The first kappa shape index (κ1) is 34.0. The number of ether oxygens (including phenoxy) is 6. The minimum Gasteiger partial charge on any atom is -0.394 e. The molecule has 1 aromatic carbocycles. The molecule has 1 aromatic rings. The number of rotatable bonds is 10. The fraction of sp³-hybridized carbons (Fsp3) is 0.741. The van der Waals surface area contributed by atoms with E-state index in [-0.39, 0.29) is 6.61 Å². The number of benzene rings is 1. The Morgan fingerprint density at radius 2 is 1.37 bits per heavy atom. The smallest absolute Gasteiger partial charge is 0.217 e. The summed E-state index contributed by atoms with van der Waals surface area (Å²) < 4.78 is 34.5. The summed E-state index contributed by atoms with van der Waals surface area (Å²) in [6.07, 6.45) is -21.3. The van der Waals surface area contributed by atoms with Crippen molar-refractivity contribution in [3.05, 3.63) is 35.9 Å².